The summed E-state index contributed by atoms with van der Waals surface area (Å²) in [6, 6.07) is 9.94. The van der Waals surface area contributed by atoms with E-state index >= 15 is 0 Å². The van der Waals surface area contributed by atoms with Crippen LogP contribution in [0.2, 0.25) is 0 Å². The lowest BCUT2D eigenvalue weighted by atomic mass is 9.79. The number of hydrogen-bond acceptors (Lipinski definition) is 5. The Labute approximate surface area is 181 Å². The molecule has 3 heterocycles. The number of piperidine rings is 1. The second kappa shape index (κ2) is 8.78. The lowest BCUT2D eigenvalue weighted by Crippen LogP contribution is -2.53. The van der Waals surface area contributed by atoms with Crippen molar-refractivity contribution in [2.75, 3.05) is 19.7 Å². The Kier molecular flexibility index (Phi) is 6.11. The van der Waals surface area contributed by atoms with Crippen LogP contribution in [0.15, 0.2) is 41.1 Å². The minimum absolute atomic E-state index is 0.0938. The first kappa shape index (κ1) is 20.9. The third-order valence-corrected chi connectivity index (χ3v) is 7.00. The highest BCUT2D eigenvalue weighted by atomic mass is 32.1. The third-order valence-electron chi connectivity index (χ3n) is 6.27. The van der Waals surface area contributed by atoms with Gasteiger partial charge in [-0.15, -0.1) is 0 Å². The molecule has 3 amide bonds. The van der Waals surface area contributed by atoms with Gasteiger partial charge >= 0.3 is 6.03 Å². The van der Waals surface area contributed by atoms with Crippen molar-refractivity contribution in [2.24, 2.45) is 5.92 Å². The Hall–Kier alpha value is -2.38. The molecule has 2 aromatic rings. The van der Waals surface area contributed by atoms with Crippen molar-refractivity contribution in [1.82, 2.24) is 15.1 Å². The SMILES string of the molecule is CCOc1ccc(CN2CCC([C@]3(C)NC(=O)N(Cc4ccsc4)C3=O)CC2)cc1. The number of urea groups is 1. The van der Waals surface area contributed by atoms with E-state index in [-0.39, 0.29) is 17.9 Å². The molecule has 160 valence electrons. The van der Waals surface area contributed by atoms with Crippen LogP contribution in [0.25, 0.3) is 0 Å². The number of hydrogen-bond donors (Lipinski definition) is 1. The molecule has 0 bridgehead atoms. The van der Waals surface area contributed by atoms with Crippen LogP contribution >= 0.6 is 11.3 Å². The Morgan fingerprint density at radius 3 is 2.47 bits per heavy atom. The molecule has 2 aliphatic heterocycles. The highest BCUT2D eigenvalue weighted by Gasteiger charge is 2.52. The van der Waals surface area contributed by atoms with Crippen LogP contribution in [-0.2, 0) is 17.9 Å². The zero-order valence-electron chi connectivity index (χ0n) is 17.6. The van der Waals surface area contributed by atoms with Gasteiger partial charge in [-0.3, -0.25) is 14.6 Å². The molecule has 0 unspecified atom stereocenters. The zero-order valence-corrected chi connectivity index (χ0v) is 18.4. The fourth-order valence-corrected chi connectivity index (χ4v) is 5.15. The summed E-state index contributed by atoms with van der Waals surface area (Å²) in [6.45, 7) is 7.62. The van der Waals surface area contributed by atoms with Gasteiger partial charge in [-0.2, -0.15) is 11.3 Å². The number of likely N-dealkylation sites (tertiary alicyclic amines) is 1. The second-order valence-corrected chi connectivity index (χ2v) is 9.06. The summed E-state index contributed by atoms with van der Waals surface area (Å²) in [7, 11) is 0. The van der Waals surface area contributed by atoms with Crippen molar-refractivity contribution in [3.63, 3.8) is 0 Å². The first-order valence-electron chi connectivity index (χ1n) is 10.6. The summed E-state index contributed by atoms with van der Waals surface area (Å²) in [6.07, 6.45) is 1.79. The highest BCUT2D eigenvalue weighted by molar-refractivity contribution is 7.07. The number of thiophene rings is 1. The van der Waals surface area contributed by atoms with Gasteiger partial charge in [0.1, 0.15) is 11.3 Å². The molecule has 2 fully saturated rings. The predicted octanol–water partition coefficient (Wildman–Crippen LogP) is 3.87. The summed E-state index contributed by atoms with van der Waals surface area (Å²) in [5, 5.41) is 6.95. The normalized spacial score (nSPS) is 23.1. The van der Waals surface area contributed by atoms with Crippen molar-refractivity contribution in [3.05, 3.63) is 52.2 Å². The van der Waals surface area contributed by atoms with E-state index in [1.54, 1.807) is 11.3 Å². The lowest BCUT2D eigenvalue weighted by molar-refractivity contribution is -0.133. The minimum atomic E-state index is -0.807. The number of carbonyl (C=O) groups excluding carboxylic acids is 2. The Morgan fingerprint density at radius 1 is 1.10 bits per heavy atom. The van der Waals surface area contributed by atoms with E-state index in [0.29, 0.717) is 13.2 Å². The molecule has 2 aliphatic rings. The first-order valence-corrected chi connectivity index (χ1v) is 11.5. The van der Waals surface area contributed by atoms with Gasteiger partial charge in [0, 0.05) is 6.54 Å². The molecule has 2 saturated heterocycles. The van der Waals surface area contributed by atoms with Crippen LogP contribution in [0.5, 0.6) is 5.75 Å². The summed E-state index contributed by atoms with van der Waals surface area (Å²) in [5.41, 5.74) is 1.45. The van der Waals surface area contributed by atoms with Gasteiger partial charge in [0.05, 0.1) is 13.2 Å². The van der Waals surface area contributed by atoms with Crippen molar-refractivity contribution >= 4 is 23.3 Å². The molecule has 30 heavy (non-hydrogen) atoms. The molecular formula is C23H29N3O3S. The van der Waals surface area contributed by atoms with E-state index in [1.807, 2.05) is 42.8 Å². The number of ether oxygens (including phenoxy) is 1. The van der Waals surface area contributed by atoms with Gasteiger partial charge in [-0.05, 0) is 85.8 Å². The average molecular weight is 428 g/mol. The highest BCUT2D eigenvalue weighted by Crippen LogP contribution is 2.34. The Bertz CT molecular complexity index is 876. The topological polar surface area (TPSA) is 61.9 Å². The molecule has 0 spiro atoms. The predicted molar refractivity (Wildman–Crippen MR) is 117 cm³/mol. The van der Waals surface area contributed by atoms with Crippen molar-refractivity contribution in [2.45, 2.75) is 45.3 Å². The third kappa shape index (κ3) is 4.23. The van der Waals surface area contributed by atoms with Crippen LogP contribution < -0.4 is 10.1 Å². The molecule has 0 radical (unpaired) electrons. The van der Waals surface area contributed by atoms with E-state index in [4.69, 9.17) is 4.74 Å². The number of nitrogens with zero attached hydrogens (tertiary/aromatic N) is 2. The van der Waals surface area contributed by atoms with E-state index in [1.165, 1.54) is 10.5 Å². The standard InChI is InChI=1S/C23H29N3O3S/c1-3-29-20-6-4-17(5-7-20)14-25-11-8-19(9-12-25)23(2)21(27)26(22(28)24-23)15-18-10-13-30-16-18/h4-7,10,13,16,19H,3,8-9,11-12,14-15H2,1-2H3,(H,24,28)/t23-/m0/s1. The van der Waals surface area contributed by atoms with Crippen LogP contribution in [0.4, 0.5) is 4.79 Å². The number of benzene rings is 1. The number of nitrogens with one attached hydrogen (secondary N) is 1. The second-order valence-electron chi connectivity index (χ2n) is 8.28. The van der Waals surface area contributed by atoms with Gasteiger partial charge in [0.25, 0.3) is 5.91 Å². The summed E-state index contributed by atoms with van der Waals surface area (Å²) in [5.74, 6) is 0.956. The molecule has 0 aliphatic carbocycles. The molecule has 1 N–H and O–H groups in total. The molecule has 1 atom stereocenters. The van der Waals surface area contributed by atoms with Crippen LogP contribution in [-0.4, -0.2) is 47.0 Å². The molecule has 0 saturated carbocycles. The maximum Gasteiger partial charge on any atom is 0.325 e. The van der Waals surface area contributed by atoms with E-state index in [9.17, 15) is 9.59 Å². The molecular weight excluding hydrogens is 398 g/mol. The van der Waals surface area contributed by atoms with E-state index in [2.05, 4.69) is 22.3 Å². The first-order chi connectivity index (χ1) is 14.5. The number of amides is 3. The maximum atomic E-state index is 13.1. The van der Waals surface area contributed by atoms with Gasteiger partial charge in [0.2, 0.25) is 0 Å². The zero-order chi connectivity index (χ0) is 21.1. The van der Waals surface area contributed by atoms with Crippen molar-refractivity contribution < 1.29 is 14.3 Å². The van der Waals surface area contributed by atoms with Gasteiger partial charge in [-0.25, -0.2) is 4.79 Å². The average Bonchev–Trinajstić information content (AvgIpc) is 3.33. The summed E-state index contributed by atoms with van der Waals surface area (Å²) < 4.78 is 5.51. The maximum absolute atomic E-state index is 13.1. The smallest absolute Gasteiger partial charge is 0.325 e. The fourth-order valence-electron chi connectivity index (χ4n) is 4.49. The van der Waals surface area contributed by atoms with Crippen LogP contribution in [0, 0.1) is 5.92 Å². The van der Waals surface area contributed by atoms with Gasteiger partial charge in [-0.1, -0.05) is 12.1 Å². The monoisotopic (exact) mass is 427 g/mol. The number of imide groups is 1. The number of carbonyl (C=O) groups is 2. The van der Waals surface area contributed by atoms with Crippen molar-refractivity contribution in [3.8, 4) is 5.75 Å². The largest absolute Gasteiger partial charge is 0.494 e. The van der Waals surface area contributed by atoms with E-state index in [0.717, 1.165) is 43.8 Å². The van der Waals surface area contributed by atoms with Crippen LogP contribution in [0.1, 0.15) is 37.8 Å². The molecule has 1 aromatic heterocycles. The lowest BCUT2D eigenvalue weighted by Gasteiger charge is -2.39. The molecule has 7 heteroatoms. The molecule has 6 nitrogen and oxygen atoms in total. The van der Waals surface area contributed by atoms with Gasteiger partial charge in [0.15, 0.2) is 0 Å². The quantitative estimate of drug-likeness (QED) is 0.682. The summed E-state index contributed by atoms with van der Waals surface area (Å²) >= 11 is 1.58. The number of rotatable bonds is 7. The Balaban J connectivity index is 1.34. The minimum Gasteiger partial charge on any atom is -0.494 e. The van der Waals surface area contributed by atoms with Gasteiger partial charge < -0.3 is 10.1 Å². The van der Waals surface area contributed by atoms with Crippen molar-refractivity contribution in [1.29, 1.82) is 0 Å². The fraction of sp³-hybridized carbons (Fsp3) is 0.478. The Morgan fingerprint density at radius 2 is 1.83 bits per heavy atom. The molecule has 4 rings (SSSR count). The molecule has 1 aromatic carbocycles. The van der Waals surface area contributed by atoms with Crippen LogP contribution in [0.3, 0.4) is 0 Å². The summed E-state index contributed by atoms with van der Waals surface area (Å²) in [4.78, 5) is 29.5. The van der Waals surface area contributed by atoms with E-state index < -0.39 is 5.54 Å².